The molecule has 1 atom stereocenters. The largest absolute Gasteiger partial charge is 0.314 e. The van der Waals surface area contributed by atoms with E-state index in [0.717, 1.165) is 37.3 Å². The molecule has 0 saturated carbocycles. The van der Waals surface area contributed by atoms with Crippen LogP contribution in [0.5, 0.6) is 0 Å². The Morgan fingerprint density at radius 1 is 1.38 bits per heavy atom. The topological polar surface area (TPSA) is 61.0 Å². The Hall–Kier alpha value is -1.76. The molecule has 7 heteroatoms. The Morgan fingerprint density at radius 3 is 2.96 bits per heavy atom. The SMILES string of the molecule is CCc1cc(=O)[nH]c(CN2CCNCC2c2cccc(F)c2)n1.Cl. The van der Waals surface area contributed by atoms with E-state index < -0.39 is 0 Å². The average Bonchev–Trinajstić information content (AvgIpc) is 2.55. The highest BCUT2D eigenvalue weighted by molar-refractivity contribution is 5.85. The summed E-state index contributed by atoms with van der Waals surface area (Å²) in [6.45, 7) is 4.96. The van der Waals surface area contributed by atoms with Crippen molar-refractivity contribution < 1.29 is 4.39 Å². The first-order chi connectivity index (χ1) is 11.2. The molecule has 0 aliphatic carbocycles. The summed E-state index contributed by atoms with van der Waals surface area (Å²) in [6.07, 6.45) is 0.728. The van der Waals surface area contributed by atoms with Crippen LogP contribution in [-0.2, 0) is 13.0 Å². The molecule has 1 saturated heterocycles. The highest BCUT2D eigenvalue weighted by atomic mass is 35.5. The van der Waals surface area contributed by atoms with Crippen LogP contribution in [0.4, 0.5) is 4.39 Å². The van der Waals surface area contributed by atoms with E-state index in [0.29, 0.717) is 12.4 Å². The maximum Gasteiger partial charge on any atom is 0.251 e. The normalized spacial score (nSPS) is 18.2. The predicted molar refractivity (Wildman–Crippen MR) is 93.9 cm³/mol. The van der Waals surface area contributed by atoms with Gasteiger partial charge in [0, 0.05) is 37.4 Å². The number of H-pyrrole nitrogens is 1. The summed E-state index contributed by atoms with van der Waals surface area (Å²) in [6, 6.07) is 8.29. The average molecular weight is 353 g/mol. The third kappa shape index (κ3) is 4.41. The van der Waals surface area contributed by atoms with Gasteiger partial charge in [0.15, 0.2) is 0 Å². The molecule has 0 amide bonds. The lowest BCUT2D eigenvalue weighted by Gasteiger charge is -2.36. The van der Waals surface area contributed by atoms with Crippen molar-refractivity contribution in [2.75, 3.05) is 19.6 Å². The minimum atomic E-state index is -0.229. The van der Waals surface area contributed by atoms with Gasteiger partial charge in [-0.2, -0.15) is 0 Å². The van der Waals surface area contributed by atoms with Gasteiger partial charge in [0.05, 0.1) is 6.54 Å². The summed E-state index contributed by atoms with van der Waals surface area (Å²) in [4.78, 5) is 21.3. The van der Waals surface area contributed by atoms with E-state index in [4.69, 9.17) is 0 Å². The lowest BCUT2D eigenvalue weighted by molar-refractivity contribution is 0.149. The van der Waals surface area contributed by atoms with Crippen molar-refractivity contribution in [1.82, 2.24) is 20.2 Å². The molecule has 0 spiro atoms. The third-order valence-electron chi connectivity index (χ3n) is 4.15. The molecule has 1 aromatic heterocycles. The molecule has 1 aliphatic rings. The molecule has 1 aromatic carbocycles. The molecule has 1 fully saturated rings. The van der Waals surface area contributed by atoms with E-state index in [2.05, 4.69) is 20.2 Å². The van der Waals surface area contributed by atoms with Crippen molar-refractivity contribution in [3.05, 3.63) is 63.6 Å². The van der Waals surface area contributed by atoms with Crippen molar-refractivity contribution in [1.29, 1.82) is 0 Å². The van der Waals surface area contributed by atoms with Gasteiger partial charge in [-0.05, 0) is 24.1 Å². The van der Waals surface area contributed by atoms with Gasteiger partial charge in [0.1, 0.15) is 11.6 Å². The van der Waals surface area contributed by atoms with Crippen LogP contribution in [0.15, 0.2) is 35.1 Å². The smallest absolute Gasteiger partial charge is 0.251 e. The molecule has 0 bridgehead atoms. The Kier molecular flexibility index (Phi) is 6.48. The van der Waals surface area contributed by atoms with E-state index in [-0.39, 0.29) is 29.8 Å². The number of hydrogen-bond acceptors (Lipinski definition) is 4. The van der Waals surface area contributed by atoms with Crippen molar-refractivity contribution >= 4 is 12.4 Å². The van der Waals surface area contributed by atoms with Crippen molar-refractivity contribution in [3.8, 4) is 0 Å². The molecular weight excluding hydrogens is 331 g/mol. The van der Waals surface area contributed by atoms with Crippen LogP contribution in [0.3, 0.4) is 0 Å². The first kappa shape index (κ1) is 18.6. The molecule has 2 N–H and O–H groups in total. The maximum absolute atomic E-state index is 13.5. The predicted octanol–water partition coefficient (Wildman–Crippen LogP) is 2.04. The van der Waals surface area contributed by atoms with Crippen LogP contribution in [0.25, 0.3) is 0 Å². The number of benzene rings is 1. The van der Waals surface area contributed by atoms with Crippen LogP contribution < -0.4 is 10.9 Å². The Bertz CT molecular complexity index is 737. The van der Waals surface area contributed by atoms with Crippen LogP contribution in [0, 0.1) is 5.82 Å². The van der Waals surface area contributed by atoms with Gasteiger partial charge in [-0.15, -0.1) is 12.4 Å². The molecule has 2 heterocycles. The zero-order valence-electron chi connectivity index (χ0n) is 13.6. The Balaban J connectivity index is 0.00000208. The fraction of sp³-hybridized carbons (Fsp3) is 0.412. The van der Waals surface area contributed by atoms with Crippen LogP contribution in [0.1, 0.15) is 30.0 Å². The first-order valence-corrected chi connectivity index (χ1v) is 7.95. The monoisotopic (exact) mass is 352 g/mol. The van der Waals surface area contributed by atoms with Crippen molar-refractivity contribution in [3.63, 3.8) is 0 Å². The summed E-state index contributed by atoms with van der Waals surface area (Å²) in [5.74, 6) is 0.435. The second-order valence-corrected chi connectivity index (χ2v) is 5.78. The number of aromatic amines is 1. The van der Waals surface area contributed by atoms with E-state index in [1.54, 1.807) is 12.1 Å². The number of hydrogen-bond donors (Lipinski definition) is 2. The van der Waals surface area contributed by atoms with Gasteiger partial charge in [-0.3, -0.25) is 9.69 Å². The lowest BCUT2D eigenvalue weighted by Crippen LogP contribution is -2.45. The fourth-order valence-electron chi connectivity index (χ4n) is 2.99. The minimum absolute atomic E-state index is 0. The number of nitrogens with zero attached hydrogens (tertiary/aromatic N) is 2. The summed E-state index contributed by atoms with van der Waals surface area (Å²) in [7, 11) is 0. The second-order valence-electron chi connectivity index (χ2n) is 5.78. The van der Waals surface area contributed by atoms with Crippen LogP contribution >= 0.6 is 12.4 Å². The summed E-state index contributed by atoms with van der Waals surface area (Å²) in [5.41, 5.74) is 1.61. The number of aryl methyl sites for hydroxylation is 1. The number of aromatic nitrogens is 2. The second kappa shape index (κ2) is 8.37. The zero-order valence-corrected chi connectivity index (χ0v) is 14.4. The minimum Gasteiger partial charge on any atom is -0.314 e. The number of piperazine rings is 1. The molecule has 5 nitrogen and oxygen atoms in total. The molecule has 1 aliphatic heterocycles. The van der Waals surface area contributed by atoms with Crippen LogP contribution in [-0.4, -0.2) is 34.5 Å². The first-order valence-electron chi connectivity index (χ1n) is 7.95. The third-order valence-corrected chi connectivity index (χ3v) is 4.15. The van der Waals surface area contributed by atoms with E-state index >= 15 is 0 Å². The zero-order chi connectivity index (χ0) is 16.2. The van der Waals surface area contributed by atoms with Gasteiger partial charge >= 0.3 is 0 Å². The van der Waals surface area contributed by atoms with Gasteiger partial charge in [0.2, 0.25) is 0 Å². The maximum atomic E-state index is 13.5. The summed E-state index contributed by atoms with van der Waals surface area (Å²) < 4.78 is 13.5. The molecule has 3 rings (SSSR count). The standard InChI is InChI=1S/C17H21FN4O.ClH/c1-2-14-9-17(23)21-16(20-14)11-22-7-6-19-10-15(22)12-4-3-5-13(18)8-12;/h3-5,8-9,15,19H,2,6-7,10-11H2,1H3,(H,20,21,23);1H. The summed E-state index contributed by atoms with van der Waals surface area (Å²) >= 11 is 0. The molecular formula is C17H22ClFN4O. The lowest BCUT2D eigenvalue weighted by atomic mass is 10.0. The highest BCUT2D eigenvalue weighted by Crippen LogP contribution is 2.24. The van der Waals surface area contributed by atoms with E-state index in [1.807, 2.05) is 13.0 Å². The number of halogens is 2. The van der Waals surface area contributed by atoms with Crippen molar-refractivity contribution in [2.45, 2.75) is 25.9 Å². The molecule has 2 aromatic rings. The van der Waals surface area contributed by atoms with E-state index in [9.17, 15) is 9.18 Å². The Morgan fingerprint density at radius 2 is 2.21 bits per heavy atom. The van der Waals surface area contributed by atoms with E-state index in [1.165, 1.54) is 12.1 Å². The summed E-state index contributed by atoms with van der Waals surface area (Å²) in [5, 5.41) is 3.35. The van der Waals surface area contributed by atoms with Gasteiger partial charge in [0.25, 0.3) is 5.56 Å². The number of rotatable bonds is 4. The molecule has 0 radical (unpaired) electrons. The molecule has 130 valence electrons. The van der Waals surface area contributed by atoms with Gasteiger partial charge in [-0.1, -0.05) is 19.1 Å². The number of nitrogens with one attached hydrogen (secondary N) is 2. The quantitative estimate of drug-likeness (QED) is 0.884. The van der Waals surface area contributed by atoms with Gasteiger partial charge in [-0.25, -0.2) is 9.37 Å². The fourth-order valence-corrected chi connectivity index (χ4v) is 2.99. The van der Waals surface area contributed by atoms with Crippen molar-refractivity contribution in [2.24, 2.45) is 0 Å². The highest BCUT2D eigenvalue weighted by Gasteiger charge is 2.24. The Labute approximate surface area is 146 Å². The van der Waals surface area contributed by atoms with Gasteiger partial charge < -0.3 is 10.3 Å². The molecule has 24 heavy (non-hydrogen) atoms. The van der Waals surface area contributed by atoms with Crippen LogP contribution in [0.2, 0.25) is 0 Å². The molecule has 1 unspecified atom stereocenters.